The van der Waals surface area contributed by atoms with Gasteiger partial charge in [-0.25, -0.2) is 0 Å². The van der Waals surface area contributed by atoms with E-state index in [1.54, 1.807) is 18.2 Å². The summed E-state index contributed by atoms with van der Waals surface area (Å²) >= 11 is 5.84. The third-order valence-corrected chi connectivity index (χ3v) is 3.91. The minimum Gasteiger partial charge on any atom is -0.322 e. The summed E-state index contributed by atoms with van der Waals surface area (Å²) in [5, 5.41) is 3.64. The highest BCUT2D eigenvalue weighted by molar-refractivity contribution is 6.30. The van der Waals surface area contributed by atoms with E-state index in [2.05, 4.69) is 25.2 Å². The molecule has 2 nitrogen and oxygen atoms in total. The number of anilines is 1. The molecular formula is C19H20ClNO. The molecule has 0 aliphatic rings. The molecule has 0 heterocycles. The van der Waals surface area contributed by atoms with Gasteiger partial charge in [-0.15, -0.1) is 0 Å². The Bertz CT molecular complexity index is 661. The van der Waals surface area contributed by atoms with Crippen LogP contribution in [0, 0.1) is 0 Å². The number of para-hydroxylation sites is 1. The van der Waals surface area contributed by atoms with Crippen LogP contribution in [0.4, 0.5) is 5.69 Å². The van der Waals surface area contributed by atoms with E-state index in [1.807, 2.05) is 30.3 Å². The maximum absolute atomic E-state index is 12.1. The molecule has 1 amide bonds. The van der Waals surface area contributed by atoms with Gasteiger partial charge in [-0.05, 0) is 47.7 Å². The van der Waals surface area contributed by atoms with Gasteiger partial charge in [0.25, 0.3) is 0 Å². The van der Waals surface area contributed by atoms with E-state index in [9.17, 15) is 4.79 Å². The lowest BCUT2D eigenvalue weighted by molar-refractivity contribution is -0.111. The molecular weight excluding hydrogens is 294 g/mol. The van der Waals surface area contributed by atoms with Gasteiger partial charge in [-0.3, -0.25) is 4.79 Å². The number of rotatable bonds is 5. The molecule has 0 aromatic heterocycles. The molecule has 0 fully saturated rings. The van der Waals surface area contributed by atoms with Gasteiger partial charge in [0.2, 0.25) is 5.91 Å². The van der Waals surface area contributed by atoms with Gasteiger partial charge < -0.3 is 5.32 Å². The number of carbonyl (C=O) groups is 1. The molecule has 0 aliphatic carbocycles. The normalized spacial score (nSPS) is 12.3. The van der Waals surface area contributed by atoms with Crippen LogP contribution in [0.1, 0.15) is 37.3 Å². The highest BCUT2D eigenvalue weighted by Crippen LogP contribution is 2.26. The molecule has 0 saturated carbocycles. The Morgan fingerprint density at radius 2 is 1.86 bits per heavy atom. The van der Waals surface area contributed by atoms with Crippen molar-refractivity contribution in [2.24, 2.45) is 0 Å². The fourth-order valence-electron chi connectivity index (χ4n) is 2.18. The monoisotopic (exact) mass is 313 g/mol. The molecule has 0 saturated heterocycles. The van der Waals surface area contributed by atoms with E-state index >= 15 is 0 Å². The number of carbonyl (C=O) groups excluding carboxylic acids is 1. The van der Waals surface area contributed by atoms with Gasteiger partial charge in [0.15, 0.2) is 0 Å². The van der Waals surface area contributed by atoms with Crippen molar-refractivity contribution in [1.29, 1.82) is 0 Å². The Kier molecular flexibility index (Phi) is 5.79. The highest BCUT2D eigenvalue weighted by Gasteiger charge is 2.09. The molecule has 3 heteroatoms. The van der Waals surface area contributed by atoms with Gasteiger partial charge in [0, 0.05) is 16.8 Å². The van der Waals surface area contributed by atoms with Gasteiger partial charge in [-0.1, -0.05) is 55.8 Å². The average molecular weight is 314 g/mol. The van der Waals surface area contributed by atoms with Crippen LogP contribution in [0.2, 0.25) is 5.02 Å². The van der Waals surface area contributed by atoms with E-state index in [4.69, 9.17) is 11.6 Å². The number of hydrogen-bond donors (Lipinski definition) is 1. The standard InChI is InChI=1S/C19H20ClNO/c1-3-14(2)17-6-4-5-7-18(17)21-19(22)13-10-15-8-11-16(20)12-9-15/h4-14H,3H2,1-2H3,(H,21,22)/b13-10+. The van der Waals surface area contributed by atoms with E-state index < -0.39 is 0 Å². The fourth-order valence-corrected chi connectivity index (χ4v) is 2.31. The van der Waals surface area contributed by atoms with Gasteiger partial charge in [0.1, 0.15) is 0 Å². The lowest BCUT2D eigenvalue weighted by Gasteiger charge is -2.14. The van der Waals surface area contributed by atoms with Crippen molar-refractivity contribution >= 4 is 29.3 Å². The predicted molar refractivity (Wildman–Crippen MR) is 94.3 cm³/mol. The molecule has 1 N–H and O–H groups in total. The van der Waals surface area contributed by atoms with E-state index in [0.29, 0.717) is 10.9 Å². The number of nitrogens with one attached hydrogen (secondary N) is 1. The van der Waals surface area contributed by atoms with Crippen LogP contribution in [0.25, 0.3) is 6.08 Å². The number of benzene rings is 2. The number of halogens is 1. The third kappa shape index (κ3) is 4.47. The summed E-state index contributed by atoms with van der Waals surface area (Å²) in [6.07, 6.45) is 4.35. The highest BCUT2D eigenvalue weighted by atomic mass is 35.5. The van der Waals surface area contributed by atoms with Crippen molar-refractivity contribution in [3.63, 3.8) is 0 Å². The minimum atomic E-state index is -0.134. The minimum absolute atomic E-state index is 0.134. The van der Waals surface area contributed by atoms with Crippen molar-refractivity contribution in [2.75, 3.05) is 5.32 Å². The molecule has 1 unspecified atom stereocenters. The van der Waals surface area contributed by atoms with Crippen LogP contribution in [-0.4, -0.2) is 5.91 Å². The molecule has 0 radical (unpaired) electrons. The first-order valence-corrected chi connectivity index (χ1v) is 7.81. The summed E-state index contributed by atoms with van der Waals surface area (Å²) in [4.78, 5) is 12.1. The Morgan fingerprint density at radius 3 is 2.55 bits per heavy atom. The molecule has 2 aromatic rings. The number of hydrogen-bond acceptors (Lipinski definition) is 1. The molecule has 0 aliphatic heterocycles. The zero-order valence-electron chi connectivity index (χ0n) is 12.8. The summed E-state index contributed by atoms with van der Waals surface area (Å²) in [6.45, 7) is 4.30. The average Bonchev–Trinajstić information content (AvgIpc) is 2.54. The van der Waals surface area contributed by atoms with Gasteiger partial charge in [-0.2, -0.15) is 0 Å². The van der Waals surface area contributed by atoms with Crippen LogP contribution in [0.3, 0.4) is 0 Å². The summed E-state index contributed by atoms with van der Waals surface area (Å²) in [7, 11) is 0. The van der Waals surface area contributed by atoms with Crippen LogP contribution in [0.15, 0.2) is 54.6 Å². The van der Waals surface area contributed by atoms with Crippen LogP contribution in [-0.2, 0) is 4.79 Å². The smallest absolute Gasteiger partial charge is 0.248 e. The van der Waals surface area contributed by atoms with Crippen LogP contribution in [0.5, 0.6) is 0 Å². The maximum Gasteiger partial charge on any atom is 0.248 e. The predicted octanol–water partition coefficient (Wildman–Crippen LogP) is 5.51. The van der Waals surface area contributed by atoms with Gasteiger partial charge >= 0.3 is 0 Å². The zero-order valence-corrected chi connectivity index (χ0v) is 13.6. The van der Waals surface area contributed by atoms with Crippen LogP contribution < -0.4 is 5.32 Å². The third-order valence-electron chi connectivity index (χ3n) is 3.66. The second kappa shape index (κ2) is 7.81. The van der Waals surface area contributed by atoms with E-state index in [1.165, 1.54) is 11.6 Å². The second-order valence-electron chi connectivity index (χ2n) is 5.27. The first kappa shape index (κ1) is 16.3. The first-order valence-electron chi connectivity index (χ1n) is 7.43. The Hall–Kier alpha value is -2.06. The maximum atomic E-state index is 12.1. The Balaban J connectivity index is 2.08. The molecule has 114 valence electrons. The molecule has 2 aromatic carbocycles. The lowest BCUT2D eigenvalue weighted by atomic mass is 9.97. The molecule has 2 rings (SSSR count). The van der Waals surface area contributed by atoms with E-state index in [0.717, 1.165) is 17.7 Å². The molecule has 0 bridgehead atoms. The molecule has 1 atom stereocenters. The largest absolute Gasteiger partial charge is 0.322 e. The zero-order chi connectivity index (χ0) is 15.9. The van der Waals surface area contributed by atoms with Crippen molar-refractivity contribution < 1.29 is 4.79 Å². The summed E-state index contributed by atoms with van der Waals surface area (Å²) < 4.78 is 0. The van der Waals surface area contributed by atoms with Gasteiger partial charge in [0.05, 0.1) is 0 Å². The fraction of sp³-hybridized carbons (Fsp3) is 0.211. The summed E-state index contributed by atoms with van der Waals surface area (Å²) in [5.74, 6) is 0.280. The second-order valence-corrected chi connectivity index (χ2v) is 5.71. The Morgan fingerprint density at radius 1 is 1.18 bits per heavy atom. The molecule has 0 spiro atoms. The topological polar surface area (TPSA) is 29.1 Å². The lowest BCUT2D eigenvalue weighted by Crippen LogP contribution is -2.10. The quantitative estimate of drug-likeness (QED) is 0.725. The van der Waals surface area contributed by atoms with E-state index in [-0.39, 0.29) is 5.91 Å². The summed E-state index contributed by atoms with van der Waals surface area (Å²) in [6, 6.07) is 15.3. The molecule has 22 heavy (non-hydrogen) atoms. The number of amides is 1. The first-order chi connectivity index (χ1) is 10.6. The summed E-state index contributed by atoms with van der Waals surface area (Å²) in [5.41, 5.74) is 2.98. The van der Waals surface area contributed by atoms with Crippen molar-refractivity contribution in [2.45, 2.75) is 26.2 Å². The Labute approximate surface area is 136 Å². The van der Waals surface area contributed by atoms with Crippen molar-refractivity contribution in [3.05, 3.63) is 70.8 Å². The van der Waals surface area contributed by atoms with Crippen molar-refractivity contribution in [1.82, 2.24) is 0 Å². The van der Waals surface area contributed by atoms with Crippen LogP contribution >= 0.6 is 11.6 Å². The SMILES string of the molecule is CCC(C)c1ccccc1NC(=O)/C=C/c1ccc(Cl)cc1. The van der Waals surface area contributed by atoms with Crippen molar-refractivity contribution in [3.8, 4) is 0 Å².